The molecule has 0 atom stereocenters. The predicted octanol–water partition coefficient (Wildman–Crippen LogP) is 2.29. The second kappa shape index (κ2) is 4.37. The molecule has 2 aromatic rings. The van der Waals surface area contributed by atoms with Gasteiger partial charge in [-0.3, -0.25) is 0 Å². The number of sulfone groups is 1. The minimum Gasteiger partial charge on any atom is -0.227 e. The lowest BCUT2D eigenvalue weighted by Gasteiger charge is -2.13. The van der Waals surface area contributed by atoms with E-state index in [2.05, 4.69) is 5.10 Å². The van der Waals surface area contributed by atoms with E-state index in [-0.39, 0.29) is 10.6 Å². The minimum atomic E-state index is -4.61. The Morgan fingerprint density at radius 3 is 2.37 bits per heavy atom. The SMILES string of the molecule is CS(=O)(=O)c1ccccc1-n1nccc1C(F)(F)F. The maximum absolute atomic E-state index is 12.8. The molecule has 0 amide bonds. The fourth-order valence-electron chi connectivity index (χ4n) is 1.66. The van der Waals surface area contributed by atoms with Crippen molar-refractivity contribution in [3.63, 3.8) is 0 Å². The average molecular weight is 290 g/mol. The van der Waals surface area contributed by atoms with E-state index < -0.39 is 21.7 Å². The van der Waals surface area contributed by atoms with Gasteiger partial charge in [-0.1, -0.05) is 12.1 Å². The van der Waals surface area contributed by atoms with Gasteiger partial charge in [-0.05, 0) is 18.2 Å². The lowest BCUT2D eigenvalue weighted by molar-refractivity contribution is -0.142. The zero-order valence-electron chi connectivity index (χ0n) is 9.72. The van der Waals surface area contributed by atoms with Crippen LogP contribution in [0.3, 0.4) is 0 Å². The largest absolute Gasteiger partial charge is 0.433 e. The zero-order valence-corrected chi connectivity index (χ0v) is 10.5. The number of aromatic nitrogens is 2. The summed E-state index contributed by atoms with van der Waals surface area (Å²) < 4.78 is 62.1. The molecule has 0 spiro atoms. The van der Waals surface area contributed by atoms with Gasteiger partial charge < -0.3 is 0 Å². The number of hydrogen-bond acceptors (Lipinski definition) is 3. The molecule has 0 fully saturated rings. The van der Waals surface area contributed by atoms with E-state index in [4.69, 9.17) is 0 Å². The number of halogens is 3. The molecule has 1 aromatic heterocycles. The van der Waals surface area contributed by atoms with Gasteiger partial charge in [0.1, 0.15) is 5.69 Å². The second-order valence-electron chi connectivity index (χ2n) is 3.87. The second-order valence-corrected chi connectivity index (χ2v) is 5.85. The Kier molecular flexibility index (Phi) is 3.13. The first-order valence-corrected chi connectivity index (χ1v) is 7.01. The van der Waals surface area contributed by atoms with Crippen LogP contribution in [0, 0.1) is 0 Å². The molecule has 19 heavy (non-hydrogen) atoms. The minimum absolute atomic E-state index is 0.123. The standard InChI is InChI=1S/C11H9F3N2O2S/c1-19(17,18)9-5-3-2-4-8(9)16-10(6-7-15-16)11(12,13)14/h2-7H,1H3. The van der Waals surface area contributed by atoms with Crippen LogP contribution >= 0.6 is 0 Å². The van der Waals surface area contributed by atoms with E-state index in [1.807, 2.05) is 0 Å². The molecule has 1 heterocycles. The molecule has 0 saturated heterocycles. The van der Waals surface area contributed by atoms with Crippen molar-refractivity contribution in [2.45, 2.75) is 11.1 Å². The van der Waals surface area contributed by atoms with Crippen LogP contribution in [0.15, 0.2) is 41.4 Å². The van der Waals surface area contributed by atoms with Crippen LogP contribution < -0.4 is 0 Å². The molecule has 0 saturated carbocycles. The Balaban J connectivity index is 2.72. The summed E-state index contributed by atoms with van der Waals surface area (Å²) in [5, 5.41) is 3.56. The van der Waals surface area contributed by atoms with E-state index in [0.29, 0.717) is 4.68 Å². The Labute approximate surface area is 107 Å². The fourth-order valence-corrected chi connectivity index (χ4v) is 2.52. The van der Waals surface area contributed by atoms with Crippen molar-refractivity contribution in [1.29, 1.82) is 0 Å². The van der Waals surface area contributed by atoms with Crippen molar-refractivity contribution in [3.8, 4) is 5.69 Å². The summed E-state index contributed by atoms with van der Waals surface area (Å²) in [6, 6.07) is 6.20. The van der Waals surface area contributed by atoms with Crippen LogP contribution in [0.5, 0.6) is 0 Å². The van der Waals surface area contributed by atoms with Crippen LogP contribution in [0.2, 0.25) is 0 Å². The smallest absolute Gasteiger partial charge is 0.227 e. The molecular weight excluding hydrogens is 281 g/mol. The number of para-hydroxylation sites is 1. The highest BCUT2D eigenvalue weighted by molar-refractivity contribution is 7.90. The monoisotopic (exact) mass is 290 g/mol. The van der Waals surface area contributed by atoms with E-state index in [9.17, 15) is 21.6 Å². The summed E-state index contributed by atoms with van der Waals surface area (Å²) in [6.07, 6.45) is -2.70. The lowest BCUT2D eigenvalue weighted by atomic mass is 10.3. The first kappa shape index (κ1) is 13.6. The highest BCUT2D eigenvalue weighted by Gasteiger charge is 2.35. The van der Waals surface area contributed by atoms with Gasteiger partial charge in [0.05, 0.1) is 16.8 Å². The Morgan fingerprint density at radius 1 is 1.16 bits per heavy atom. The van der Waals surface area contributed by atoms with Crippen LogP contribution in [0.1, 0.15) is 5.69 Å². The summed E-state index contributed by atoms with van der Waals surface area (Å²) in [4.78, 5) is -0.204. The quantitative estimate of drug-likeness (QED) is 0.852. The fraction of sp³-hybridized carbons (Fsp3) is 0.182. The van der Waals surface area contributed by atoms with Gasteiger partial charge in [-0.15, -0.1) is 0 Å². The van der Waals surface area contributed by atoms with Crippen molar-refractivity contribution < 1.29 is 21.6 Å². The van der Waals surface area contributed by atoms with Gasteiger partial charge in [-0.25, -0.2) is 13.1 Å². The van der Waals surface area contributed by atoms with Crippen LogP contribution in [-0.4, -0.2) is 24.5 Å². The van der Waals surface area contributed by atoms with Crippen molar-refractivity contribution in [1.82, 2.24) is 9.78 Å². The topological polar surface area (TPSA) is 52.0 Å². The molecule has 8 heteroatoms. The lowest BCUT2D eigenvalue weighted by Crippen LogP contribution is -2.15. The molecule has 0 N–H and O–H groups in total. The molecule has 102 valence electrons. The van der Waals surface area contributed by atoms with Crippen molar-refractivity contribution in [2.24, 2.45) is 0 Å². The normalized spacial score (nSPS) is 12.6. The highest BCUT2D eigenvalue weighted by atomic mass is 32.2. The predicted molar refractivity (Wildman–Crippen MR) is 61.7 cm³/mol. The summed E-state index contributed by atoms with van der Waals surface area (Å²) in [5.41, 5.74) is -1.15. The zero-order chi connectivity index (χ0) is 14.3. The van der Waals surface area contributed by atoms with Crippen molar-refractivity contribution in [3.05, 3.63) is 42.2 Å². The van der Waals surface area contributed by atoms with E-state index in [1.54, 1.807) is 0 Å². The number of rotatable bonds is 2. The first-order valence-electron chi connectivity index (χ1n) is 5.12. The summed E-state index contributed by atoms with van der Waals surface area (Å²) in [6.45, 7) is 0. The molecule has 0 aliphatic carbocycles. The number of benzene rings is 1. The number of hydrogen-bond donors (Lipinski definition) is 0. The third-order valence-corrected chi connectivity index (χ3v) is 3.57. The van der Waals surface area contributed by atoms with Crippen LogP contribution in [0.25, 0.3) is 5.69 Å². The highest BCUT2D eigenvalue weighted by Crippen LogP contribution is 2.31. The average Bonchev–Trinajstić information content (AvgIpc) is 2.76. The molecule has 0 aliphatic heterocycles. The van der Waals surface area contributed by atoms with E-state index >= 15 is 0 Å². The third kappa shape index (κ3) is 2.62. The molecular formula is C11H9F3N2O2S. The molecule has 2 rings (SSSR count). The molecule has 1 aromatic carbocycles. The third-order valence-electron chi connectivity index (χ3n) is 2.43. The summed E-state index contributed by atoms with van der Waals surface area (Å²) in [7, 11) is -3.65. The van der Waals surface area contributed by atoms with Crippen molar-refractivity contribution >= 4 is 9.84 Å². The Bertz CT molecular complexity index is 705. The van der Waals surface area contributed by atoms with Crippen molar-refractivity contribution in [2.75, 3.05) is 6.26 Å². The maximum Gasteiger partial charge on any atom is 0.433 e. The molecule has 0 aliphatic rings. The molecule has 0 radical (unpaired) electrons. The molecule has 4 nitrogen and oxygen atoms in total. The van der Waals surface area contributed by atoms with E-state index in [1.165, 1.54) is 24.3 Å². The van der Waals surface area contributed by atoms with Crippen LogP contribution in [0.4, 0.5) is 13.2 Å². The Morgan fingerprint density at radius 2 is 1.79 bits per heavy atom. The first-order chi connectivity index (χ1) is 8.71. The maximum atomic E-state index is 12.8. The van der Waals surface area contributed by atoms with Gasteiger partial charge in [0.2, 0.25) is 0 Å². The van der Waals surface area contributed by atoms with Crippen LogP contribution in [-0.2, 0) is 16.0 Å². The molecule has 0 unspecified atom stereocenters. The number of nitrogens with zero attached hydrogens (tertiary/aromatic N) is 2. The van der Waals surface area contributed by atoms with Gasteiger partial charge in [-0.2, -0.15) is 18.3 Å². The number of alkyl halides is 3. The van der Waals surface area contributed by atoms with Gasteiger partial charge in [0.25, 0.3) is 0 Å². The molecule has 0 bridgehead atoms. The van der Waals surface area contributed by atoms with E-state index in [0.717, 1.165) is 18.5 Å². The van der Waals surface area contributed by atoms with Gasteiger partial charge in [0, 0.05) is 6.26 Å². The van der Waals surface area contributed by atoms with Gasteiger partial charge >= 0.3 is 6.18 Å². The Hall–Kier alpha value is -1.83. The summed E-state index contributed by atoms with van der Waals surface area (Å²) in [5.74, 6) is 0. The summed E-state index contributed by atoms with van der Waals surface area (Å²) >= 11 is 0. The van der Waals surface area contributed by atoms with Gasteiger partial charge in [0.15, 0.2) is 9.84 Å².